The van der Waals surface area contributed by atoms with Crippen LogP contribution in [0.5, 0.6) is 0 Å². The first-order valence-corrected chi connectivity index (χ1v) is 6.06. The molecule has 1 heterocycles. The number of aliphatic hydroxyl groups is 1. The Morgan fingerprint density at radius 1 is 1.25 bits per heavy atom. The number of carbonyl (C=O) groups excluding carboxylic acids is 1. The van der Waals surface area contributed by atoms with Gasteiger partial charge in [-0.2, -0.15) is 26.3 Å². The van der Waals surface area contributed by atoms with Gasteiger partial charge in [0.05, 0.1) is 6.10 Å². The minimum atomic E-state index is -5.67. The Bertz CT molecular complexity index is 338. The minimum absolute atomic E-state index is 0.0336. The van der Waals surface area contributed by atoms with Gasteiger partial charge in [-0.15, -0.1) is 0 Å². The summed E-state index contributed by atoms with van der Waals surface area (Å²) in [4.78, 5) is 12.2. The van der Waals surface area contributed by atoms with Crippen molar-refractivity contribution in [3.05, 3.63) is 0 Å². The van der Waals surface area contributed by atoms with E-state index in [1.807, 2.05) is 0 Å². The lowest BCUT2D eigenvalue weighted by Gasteiger charge is -2.31. The number of hydrogen-bond acceptors (Lipinski definition) is 2. The van der Waals surface area contributed by atoms with E-state index < -0.39 is 36.3 Å². The van der Waals surface area contributed by atoms with E-state index in [0.29, 0.717) is 17.7 Å². The molecule has 0 aromatic carbocycles. The van der Waals surface area contributed by atoms with Crippen LogP contribution in [-0.2, 0) is 4.79 Å². The third kappa shape index (κ3) is 4.00. The second-order valence-corrected chi connectivity index (χ2v) is 4.93. The molecule has 0 bridgehead atoms. The summed E-state index contributed by atoms with van der Waals surface area (Å²) in [5, 5.41) is 9.19. The Kier molecular flexibility index (Phi) is 4.94. The van der Waals surface area contributed by atoms with E-state index in [1.165, 1.54) is 6.92 Å². The molecular formula is C11H15F6NO2. The van der Waals surface area contributed by atoms with Gasteiger partial charge in [0, 0.05) is 12.6 Å². The molecule has 20 heavy (non-hydrogen) atoms. The van der Waals surface area contributed by atoms with Crippen LogP contribution in [0.25, 0.3) is 0 Å². The predicted octanol–water partition coefficient (Wildman–Crippen LogP) is 2.49. The SMILES string of the molecule is CC(O)CC1CCCN1C(=O)C(C(F)(F)F)C(F)(F)F. The van der Waals surface area contributed by atoms with Crippen LogP contribution >= 0.6 is 0 Å². The molecule has 118 valence electrons. The first-order valence-electron chi connectivity index (χ1n) is 6.06. The van der Waals surface area contributed by atoms with Crippen LogP contribution in [0.15, 0.2) is 0 Å². The van der Waals surface area contributed by atoms with Crippen LogP contribution in [-0.4, -0.2) is 47.0 Å². The number of rotatable bonds is 3. The molecule has 1 saturated heterocycles. The van der Waals surface area contributed by atoms with Crippen LogP contribution in [0, 0.1) is 5.92 Å². The zero-order valence-electron chi connectivity index (χ0n) is 10.6. The van der Waals surface area contributed by atoms with Gasteiger partial charge in [-0.25, -0.2) is 0 Å². The molecule has 1 N–H and O–H groups in total. The van der Waals surface area contributed by atoms with Gasteiger partial charge in [0.25, 0.3) is 0 Å². The molecule has 0 saturated carbocycles. The van der Waals surface area contributed by atoms with Gasteiger partial charge >= 0.3 is 12.4 Å². The summed E-state index contributed by atoms with van der Waals surface area (Å²) in [6, 6.07) is -0.783. The van der Waals surface area contributed by atoms with Crippen molar-refractivity contribution in [2.24, 2.45) is 5.92 Å². The van der Waals surface area contributed by atoms with E-state index in [4.69, 9.17) is 0 Å². The summed E-state index contributed by atoms with van der Waals surface area (Å²) in [6.45, 7) is 1.21. The van der Waals surface area contributed by atoms with Crippen LogP contribution in [0.1, 0.15) is 26.2 Å². The van der Waals surface area contributed by atoms with E-state index in [-0.39, 0.29) is 13.0 Å². The van der Waals surface area contributed by atoms with Gasteiger partial charge in [-0.1, -0.05) is 0 Å². The highest BCUT2D eigenvalue weighted by Crippen LogP contribution is 2.41. The second-order valence-electron chi connectivity index (χ2n) is 4.93. The minimum Gasteiger partial charge on any atom is -0.393 e. The lowest BCUT2D eigenvalue weighted by Crippen LogP contribution is -2.51. The standard InChI is InChI=1S/C11H15F6NO2/c1-6(19)5-7-3-2-4-18(7)9(20)8(10(12,13)14)11(15,16)17/h6-8,19H,2-5H2,1H3. The van der Waals surface area contributed by atoms with Crippen molar-refractivity contribution in [1.82, 2.24) is 4.90 Å². The maximum absolute atomic E-state index is 12.5. The molecule has 2 unspecified atom stereocenters. The van der Waals surface area contributed by atoms with Crippen molar-refractivity contribution in [3.63, 3.8) is 0 Å². The van der Waals surface area contributed by atoms with Gasteiger partial charge in [-0.05, 0) is 26.2 Å². The zero-order valence-corrected chi connectivity index (χ0v) is 10.6. The van der Waals surface area contributed by atoms with E-state index >= 15 is 0 Å². The molecule has 1 amide bonds. The van der Waals surface area contributed by atoms with Gasteiger partial charge in [-0.3, -0.25) is 4.79 Å². The van der Waals surface area contributed by atoms with Crippen molar-refractivity contribution >= 4 is 5.91 Å². The summed E-state index contributed by atoms with van der Waals surface area (Å²) in [5.41, 5.74) is 0. The normalized spacial score (nSPS) is 22.4. The number of nitrogens with zero attached hydrogens (tertiary/aromatic N) is 1. The van der Waals surface area contributed by atoms with Crippen molar-refractivity contribution in [1.29, 1.82) is 0 Å². The van der Waals surface area contributed by atoms with Crippen LogP contribution in [0.2, 0.25) is 0 Å². The van der Waals surface area contributed by atoms with E-state index in [1.54, 1.807) is 0 Å². The largest absolute Gasteiger partial charge is 0.409 e. The highest BCUT2D eigenvalue weighted by molar-refractivity contribution is 5.81. The number of carbonyl (C=O) groups is 1. The molecular weight excluding hydrogens is 292 g/mol. The molecule has 1 aliphatic heterocycles. The fraction of sp³-hybridized carbons (Fsp3) is 0.909. The molecule has 2 atom stereocenters. The van der Waals surface area contributed by atoms with E-state index in [9.17, 15) is 36.2 Å². The van der Waals surface area contributed by atoms with Crippen LogP contribution in [0.3, 0.4) is 0 Å². The summed E-state index contributed by atoms with van der Waals surface area (Å²) < 4.78 is 75.0. The van der Waals surface area contributed by atoms with Crippen molar-refractivity contribution in [2.45, 2.75) is 50.7 Å². The molecule has 0 radical (unpaired) electrons. The van der Waals surface area contributed by atoms with Gasteiger partial charge in [0.2, 0.25) is 11.8 Å². The quantitative estimate of drug-likeness (QED) is 0.814. The Labute approximate surface area is 111 Å². The molecule has 1 aliphatic rings. The third-order valence-corrected chi connectivity index (χ3v) is 3.18. The Morgan fingerprint density at radius 2 is 1.75 bits per heavy atom. The lowest BCUT2D eigenvalue weighted by molar-refractivity contribution is -0.277. The van der Waals surface area contributed by atoms with E-state index in [2.05, 4.69) is 0 Å². The summed E-state index contributed by atoms with van der Waals surface area (Å²) >= 11 is 0. The average Bonchev–Trinajstić information content (AvgIpc) is 2.59. The maximum atomic E-state index is 12.5. The molecule has 0 aromatic heterocycles. The van der Waals surface area contributed by atoms with Crippen molar-refractivity contribution < 1.29 is 36.2 Å². The number of alkyl halides is 6. The average molecular weight is 307 g/mol. The molecule has 0 aromatic rings. The topological polar surface area (TPSA) is 40.5 Å². The summed E-state index contributed by atoms with van der Waals surface area (Å²) in [6.07, 6.45) is -11.7. The van der Waals surface area contributed by atoms with Crippen molar-refractivity contribution in [3.8, 4) is 0 Å². The monoisotopic (exact) mass is 307 g/mol. The van der Waals surface area contributed by atoms with Gasteiger partial charge in [0.1, 0.15) is 0 Å². The lowest BCUT2D eigenvalue weighted by atomic mass is 10.0. The smallest absolute Gasteiger partial charge is 0.393 e. The van der Waals surface area contributed by atoms with Gasteiger partial charge in [0.15, 0.2) is 0 Å². The number of amides is 1. The summed E-state index contributed by atoms with van der Waals surface area (Å²) in [5.74, 6) is -5.97. The Hall–Kier alpha value is -0.990. The first-order chi connectivity index (χ1) is 8.94. The fourth-order valence-electron chi connectivity index (χ4n) is 2.40. The third-order valence-electron chi connectivity index (χ3n) is 3.18. The van der Waals surface area contributed by atoms with Gasteiger partial charge < -0.3 is 10.0 Å². The second kappa shape index (κ2) is 5.79. The highest BCUT2D eigenvalue weighted by atomic mass is 19.4. The molecule has 9 heteroatoms. The molecule has 0 spiro atoms. The number of likely N-dealkylation sites (tertiary alicyclic amines) is 1. The van der Waals surface area contributed by atoms with E-state index in [0.717, 1.165) is 0 Å². The Morgan fingerprint density at radius 3 is 2.15 bits per heavy atom. The maximum Gasteiger partial charge on any atom is 0.409 e. The number of hydrogen-bond donors (Lipinski definition) is 1. The van der Waals surface area contributed by atoms with Crippen LogP contribution in [0.4, 0.5) is 26.3 Å². The van der Waals surface area contributed by atoms with Crippen molar-refractivity contribution in [2.75, 3.05) is 6.54 Å². The zero-order chi connectivity index (χ0) is 15.7. The van der Waals surface area contributed by atoms with Crippen LogP contribution < -0.4 is 0 Å². The molecule has 0 aliphatic carbocycles. The molecule has 1 rings (SSSR count). The first kappa shape index (κ1) is 17.1. The fourth-order valence-corrected chi connectivity index (χ4v) is 2.40. The molecule has 3 nitrogen and oxygen atoms in total. The Balaban J connectivity index is 2.95. The number of aliphatic hydroxyl groups excluding tert-OH is 1. The number of halogens is 6. The highest BCUT2D eigenvalue weighted by Gasteiger charge is 2.62. The molecule has 1 fully saturated rings. The predicted molar refractivity (Wildman–Crippen MR) is 56.6 cm³/mol. The summed E-state index contributed by atoms with van der Waals surface area (Å²) in [7, 11) is 0.